The summed E-state index contributed by atoms with van der Waals surface area (Å²) in [4.78, 5) is 23.9. The molecule has 37 heavy (non-hydrogen) atoms. The molecule has 5 nitrogen and oxygen atoms in total. The summed E-state index contributed by atoms with van der Waals surface area (Å²) in [5.74, 6) is -1.61. The van der Waals surface area contributed by atoms with Crippen molar-refractivity contribution in [3.8, 4) is 11.1 Å². The number of hydrogen-bond acceptors (Lipinski definition) is 5. The molecule has 0 atom stereocenters. The molecular weight excluding hydrogens is 490 g/mol. The molecule has 0 bridgehead atoms. The summed E-state index contributed by atoms with van der Waals surface area (Å²) in [5, 5.41) is 2.96. The number of carbonyl (C=O) groups is 2. The predicted octanol–water partition coefficient (Wildman–Crippen LogP) is 5.84. The van der Waals surface area contributed by atoms with E-state index in [0.717, 1.165) is 17.7 Å². The van der Waals surface area contributed by atoms with E-state index in [2.05, 4.69) is 5.32 Å². The number of hydrogen-bond donors (Lipinski definition) is 1. The minimum Gasteiger partial charge on any atom is -0.466 e. The Hall–Kier alpha value is -3.72. The van der Waals surface area contributed by atoms with E-state index < -0.39 is 29.5 Å². The standard InChI is InChI=1S/C28H27F4NO4/c1-2-36-27(35)14-20-12-21(16-24(29)13-20)25-9-8-23(28(30,31)32)15-22(25)17-33-11-10-26(34)37-18-19-6-4-3-5-7-19/h3-9,12-13,15-16,33H,2,10-11,14,17-18H2,1H3. The second kappa shape index (κ2) is 13.0. The zero-order valence-electron chi connectivity index (χ0n) is 20.2. The maximum absolute atomic E-state index is 14.3. The fourth-order valence-electron chi connectivity index (χ4n) is 3.71. The molecule has 0 amide bonds. The van der Waals surface area contributed by atoms with Gasteiger partial charge >= 0.3 is 18.1 Å². The minimum atomic E-state index is -4.56. The molecular formula is C28H27F4NO4. The molecule has 0 saturated carbocycles. The fraction of sp³-hybridized carbons (Fsp3) is 0.286. The molecule has 0 spiro atoms. The van der Waals surface area contributed by atoms with Crippen LogP contribution >= 0.6 is 0 Å². The topological polar surface area (TPSA) is 64.6 Å². The lowest BCUT2D eigenvalue weighted by Crippen LogP contribution is -2.20. The van der Waals surface area contributed by atoms with E-state index in [9.17, 15) is 27.2 Å². The van der Waals surface area contributed by atoms with Crippen LogP contribution in [0.3, 0.4) is 0 Å². The zero-order chi connectivity index (χ0) is 26.8. The lowest BCUT2D eigenvalue weighted by molar-refractivity contribution is -0.145. The van der Waals surface area contributed by atoms with Crippen molar-refractivity contribution >= 4 is 11.9 Å². The van der Waals surface area contributed by atoms with E-state index in [1.165, 1.54) is 18.2 Å². The molecule has 1 N–H and O–H groups in total. The highest BCUT2D eigenvalue weighted by Gasteiger charge is 2.31. The normalized spacial score (nSPS) is 11.3. The Balaban J connectivity index is 1.72. The summed E-state index contributed by atoms with van der Waals surface area (Å²) in [7, 11) is 0. The van der Waals surface area contributed by atoms with Gasteiger partial charge in [-0.3, -0.25) is 9.59 Å². The third-order valence-corrected chi connectivity index (χ3v) is 5.42. The maximum Gasteiger partial charge on any atom is 0.416 e. The molecule has 3 aromatic carbocycles. The van der Waals surface area contributed by atoms with Crippen LogP contribution in [0.4, 0.5) is 17.6 Å². The molecule has 0 fully saturated rings. The van der Waals surface area contributed by atoms with Crippen molar-refractivity contribution < 1.29 is 36.6 Å². The van der Waals surface area contributed by atoms with Crippen molar-refractivity contribution in [3.63, 3.8) is 0 Å². The van der Waals surface area contributed by atoms with E-state index >= 15 is 0 Å². The molecule has 0 aliphatic heterocycles. The lowest BCUT2D eigenvalue weighted by Gasteiger charge is -2.16. The first kappa shape index (κ1) is 27.9. The Morgan fingerprint density at radius 3 is 2.35 bits per heavy atom. The van der Waals surface area contributed by atoms with E-state index in [4.69, 9.17) is 9.47 Å². The van der Waals surface area contributed by atoms with Crippen LogP contribution in [-0.2, 0) is 44.8 Å². The van der Waals surface area contributed by atoms with Gasteiger partial charge in [0, 0.05) is 13.1 Å². The Bertz CT molecular complexity index is 1210. The first-order valence-corrected chi connectivity index (χ1v) is 11.7. The summed E-state index contributed by atoms with van der Waals surface area (Å²) < 4.78 is 64.6. The summed E-state index contributed by atoms with van der Waals surface area (Å²) in [5.41, 5.74) is 1.30. The molecule has 0 aromatic heterocycles. The molecule has 0 aliphatic rings. The number of rotatable bonds is 11. The largest absolute Gasteiger partial charge is 0.466 e. The Labute approximate surface area is 212 Å². The van der Waals surface area contributed by atoms with Gasteiger partial charge in [0.25, 0.3) is 0 Å². The van der Waals surface area contributed by atoms with Gasteiger partial charge in [-0.05, 0) is 59.0 Å². The third kappa shape index (κ3) is 8.71. The van der Waals surface area contributed by atoms with Gasteiger partial charge < -0.3 is 14.8 Å². The zero-order valence-corrected chi connectivity index (χ0v) is 20.2. The van der Waals surface area contributed by atoms with Gasteiger partial charge in [-0.1, -0.05) is 42.5 Å². The molecule has 3 aromatic rings. The van der Waals surface area contributed by atoms with Gasteiger partial charge in [0.05, 0.1) is 25.0 Å². The van der Waals surface area contributed by atoms with E-state index in [-0.39, 0.29) is 44.7 Å². The predicted molar refractivity (Wildman–Crippen MR) is 130 cm³/mol. The molecule has 0 aliphatic carbocycles. The highest BCUT2D eigenvalue weighted by Crippen LogP contribution is 2.34. The first-order chi connectivity index (χ1) is 17.7. The smallest absolute Gasteiger partial charge is 0.416 e. The van der Waals surface area contributed by atoms with Gasteiger partial charge in [0.2, 0.25) is 0 Å². The average Bonchev–Trinajstić information content (AvgIpc) is 2.85. The van der Waals surface area contributed by atoms with Crippen LogP contribution in [0.25, 0.3) is 11.1 Å². The minimum absolute atomic E-state index is 0.00502. The monoisotopic (exact) mass is 517 g/mol. The van der Waals surface area contributed by atoms with Crippen LogP contribution in [0, 0.1) is 5.82 Å². The highest BCUT2D eigenvalue weighted by molar-refractivity contribution is 5.75. The Morgan fingerprint density at radius 2 is 1.65 bits per heavy atom. The fourth-order valence-corrected chi connectivity index (χ4v) is 3.71. The van der Waals surface area contributed by atoms with Gasteiger partial charge in [-0.15, -0.1) is 0 Å². The average molecular weight is 518 g/mol. The maximum atomic E-state index is 14.3. The van der Waals surface area contributed by atoms with Gasteiger partial charge in [0.1, 0.15) is 12.4 Å². The van der Waals surface area contributed by atoms with E-state index in [1.807, 2.05) is 30.3 Å². The summed E-state index contributed by atoms with van der Waals surface area (Å²) in [6.07, 6.45) is -4.71. The number of alkyl halides is 3. The van der Waals surface area contributed by atoms with Gasteiger partial charge in [-0.25, -0.2) is 4.39 Å². The first-order valence-electron chi connectivity index (χ1n) is 11.7. The van der Waals surface area contributed by atoms with Crippen molar-refractivity contribution in [1.29, 1.82) is 0 Å². The lowest BCUT2D eigenvalue weighted by atomic mass is 9.95. The van der Waals surface area contributed by atoms with E-state index in [0.29, 0.717) is 16.7 Å². The van der Waals surface area contributed by atoms with Crippen molar-refractivity contribution in [2.24, 2.45) is 0 Å². The summed E-state index contributed by atoms with van der Waals surface area (Å²) in [6.45, 7) is 2.12. The van der Waals surface area contributed by atoms with Gasteiger partial charge in [0.15, 0.2) is 0 Å². The van der Waals surface area contributed by atoms with Crippen molar-refractivity contribution in [1.82, 2.24) is 5.32 Å². The number of nitrogens with one attached hydrogen (secondary N) is 1. The van der Waals surface area contributed by atoms with Crippen molar-refractivity contribution in [2.45, 2.75) is 39.1 Å². The summed E-state index contributed by atoms with van der Waals surface area (Å²) in [6, 6.07) is 16.3. The second-order valence-corrected chi connectivity index (χ2v) is 8.27. The molecule has 0 radical (unpaired) electrons. The Kier molecular flexibility index (Phi) is 9.79. The second-order valence-electron chi connectivity index (χ2n) is 8.27. The van der Waals surface area contributed by atoms with Crippen LogP contribution in [-0.4, -0.2) is 25.1 Å². The molecule has 196 valence electrons. The van der Waals surface area contributed by atoms with Crippen molar-refractivity contribution in [2.75, 3.05) is 13.2 Å². The molecule has 0 saturated heterocycles. The molecule has 0 heterocycles. The number of benzene rings is 3. The number of esters is 2. The Morgan fingerprint density at radius 1 is 0.892 bits per heavy atom. The van der Waals surface area contributed by atoms with Crippen LogP contribution in [0.2, 0.25) is 0 Å². The van der Waals surface area contributed by atoms with Crippen LogP contribution in [0.5, 0.6) is 0 Å². The van der Waals surface area contributed by atoms with E-state index in [1.54, 1.807) is 13.0 Å². The summed E-state index contributed by atoms with van der Waals surface area (Å²) >= 11 is 0. The molecule has 0 unspecified atom stereocenters. The number of carbonyl (C=O) groups excluding carboxylic acids is 2. The van der Waals surface area contributed by atoms with Crippen LogP contribution in [0.15, 0.2) is 66.7 Å². The van der Waals surface area contributed by atoms with Gasteiger partial charge in [-0.2, -0.15) is 13.2 Å². The van der Waals surface area contributed by atoms with Crippen LogP contribution < -0.4 is 5.32 Å². The third-order valence-electron chi connectivity index (χ3n) is 5.42. The number of halogens is 4. The molecule has 3 rings (SSSR count). The van der Waals surface area contributed by atoms with Crippen molar-refractivity contribution in [3.05, 3.63) is 94.8 Å². The molecule has 9 heteroatoms. The SMILES string of the molecule is CCOC(=O)Cc1cc(F)cc(-c2ccc(C(F)(F)F)cc2CNCCC(=O)OCc2ccccc2)c1. The highest BCUT2D eigenvalue weighted by atomic mass is 19.4. The number of ether oxygens (including phenoxy) is 2. The quantitative estimate of drug-likeness (QED) is 0.197. The van der Waals surface area contributed by atoms with Crippen LogP contribution in [0.1, 0.15) is 35.6 Å².